The van der Waals surface area contributed by atoms with Crippen molar-refractivity contribution >= 4 is 44.4 Å². The molecule has 118 valence electrons. The lowest BCUT2D eigenvalue weighted by molar-refractivity contribution is 0.102. The van der Waals surface area contributed by atoms with E-state index in [2.05, 4.69) is 30.2 Å². The third-order valence-electron chi connectivity index (χ3n) is 3.25. The lowest BCUT2D eigenvalue weighted by atomic mass is 10.2. The lowest BCUT2D eigenvalue weighted by Gasteiger charge is -2.06. The first-order valence-electron chi connectivity index (χ1n) is 7.46. The van der Waals surface area contributed by atoms with E-state index in [-0.39, 0.29) is 5.91 Å². The molecule has 0 aliphatic heterocycles. The van der Waals surface area contributed by atoms with Gasteiger partial charge in [-0.2, -0.15) is 0 Å². The van der Waals surface area contributed by atoms with Gasteiger partial charge in [-0.25, -0.2) is 4.98 Å². The molecule has 0 saturated heterocycles. The second kappa shape index (κ2) is 6.72. The van der Waals surface area contributed by atoms with Crippen molar-refractivity contribution in [1.29, 1.82) is 0 Å². The van der Waals surface area contributed by atoms with Crippen LogP contribution < -0.4 is 5.32 Å². The first-order chi connectivity index (χ1) is 11.0. The fraction of sp³-hybridized carbons (Fsp3) is 0.222. The highest BCUT2D eigenvalue weighted by atomic mass is 32.2. The second-order valence-electron chi connectivity index (χ2n) is 5.64. The topological polar surface area (TPSA) is 42.0 Å². The summed E-state index contributed by atoms with van der Waals surface area (Å²) in [6.07, 6.45) is 0. The summed E-state index contributed by atoms with van der Waals surface area (Å²) in [5.74, 6) is -0.123. The van der Waals surface area contributed by atoms with Crippen LogP contribution in [0.25, 0.3) is 10.2 Å². The Morgan fingerprint density at radius 1 is 1.17 bits per heavy atom. The third-order valence-corrected chi connectivity index (χ3v) is 5.20. The van der Waals surface area contributed by atoms with Gasteiger partial charge < -0.3 is 0 Å². The van der Waals surface area contributed by atoms with Crippen LogP contribution in [0.3, 0.4) is 0 Å². The second-order valence-corrected chi connectivity index (χ2v) is 8.32. The highest BCUT2D eigenvalue weighted by Crippen LogP contribution is 2.27. The van der Waals surface area contributed by atoms with Crippen molar-refractivity contribution in [2.75, 3.05) is 5.32 Å². The SMILES string of the molecule is Cc1ccc2nc(NC(=O)c3ccc(SC(C)C)cc3)sc2c1. The minimum Gasteiger partial charge on any atom is -0.298 e. The lowest BCUT2D eigenvalue weighted by Crippen LogP contribution is -2.11. The number of hydrogen-bond acceptors (Lipinski definition) is 4. The summed E-state index contributed by atoms with van der Waals surface area (Å²) in [7, 11) is 0. The van der Waals surface area contributed by atoms with E-state index in [1.807, 2.05) is 43.3 Å². The minimum atomic E-state index is -0.123. The molecule has 0 aliphatic rings. The van der Waals surface area contributed by atoms with Crippen molar-refractivity contribution in [3.63, 3.8) is 0 Å². The van der Waals surface area contributed by atoms with Crippen LogP contribution in [0.5, 0.6) is 0 Å². The fourth-order valence-electron chi connectivity index (χ4n) is 2.21. The maximum absolute atomic E-state index is 12.3. The molecule has 3 rings (SSSR count). The molecule has 23 heavy (non-hydrogen) atoms. The van der Waals surface area contributed by atoms with Crippen LogP contribution in [0.4, 0.5) is 5.13 Å². The maximum Gasteiger partial charge on any atom is 0.257 e. The molecule has 0 atom stereocenters. The summed E-state index contributed by atoms with van der Waals surface area (Å²) in [6, 6.07) is 13.8. The number of nitrogens with zero attached hydrogens (tertiary/aromatic N) is 1. The number of nitrogens with one attached hydrogen (secondary N) is 1. The number of carbonyl (C=O) groups excluding carboxylic acids is 1. The molecule has 1 N–H and O–H groups in total. The van der Waals surface area contributed by atoms with Gasteiger partial charge in [0.25, 0.3) is 5.91 Å². The van der Waals surface area contributed by atoms with Gasteiger partial charge in [0.15, 0.2) is 5.13 Å². The van der Waals surface area contributed by atoms with Crippen molar-refractivity contribution in [3.05, 3.63) is 53.6 Å². The monoisotopic (exact) mass is 342 g/mol. The predicted molar refractivity (Wildman–Crippen MR) is 99.7 cm³/mol. The molecular weight excluding hydrogens is 324 g/mol. The number of thioether (sulfide) groups is 1. The zero-order chi connectivity index (χ0) is 16.4. The molecule has 3 nitrogen and oxygen atoms in total. The smallest absolute Gasteiger partial charge is 0.257 e. The van der Waals surface area contributed by atoms with Gasteiger partial charge in [0.2, 0.25) is 0 Å². The fourth-order valence-corrected chi connectivity index (χ4v) is 4.01. The zero-order valence-corrected chi connectivity index (χ0v) is 14.9. The number of anilines is 1. The van der Waals surface area contributed by atoms with Gasteiger partial charge >= 0.3 is 0 Å². The molecule has 3 aromatic rings. The Labute approximate surface area is 144 Å². The number of carbonyl (C=O) groups is 1. The molecule has 1 heterocycles. The Kier molecular flexibility index (Phi) is 4.68. The molecule has 0 aliphatic carbocycles. The molecular formula is C18H18N2OS2. The number of aryl methyl sites for hydroxylation is 1. The number of amides is 1. The Morgan fingerprint density at radius 3 is 2.61 bits per heavy atom. The molecule has 0 unspecified atom stereocenters. The summed E-state index contributed by atoms with van der Waals surface area (Å²) in [5, 5.41) is 4.05. The summed E-state index contributed by atoms with van der Waals surface area (Å²) >= 11 is 3.28. The van der Waals surface area contributed by atoms with E-state index >= 15 is 0 Å². The molecule has 5 heteroatoms. The first kappa shape index (κ1) is 16.0. The van der Waals surface area contributed by atoms with Gasteiger partial charge in [0.1, 0.15) is 0 Å². The number of rotatable bonds is 4. The van der Waals surface area contributed by atoms with E-state index < -0.39 is 0 Å². The Hall–Kier alpha value is -1.85. The number of hydrogen-bond donors (Lipinski definition) is 1. The van der Waals surface area contributed by atoms with Crippen molar-refractivity contribution in [2.24, 2.45) is 0 Å². The van der Waals surface area contributed by atoms with Crippen LogP contribution in [0.1, 0.15) is 29.8 Å². The van der Waals surface area contributed by atoms with Gasteiger partial charge in [-0.1, -0.05) is 31.3 Å². The van der Waals surface area contributed by atoms with Gasteiger partial charge in [-0.15, -0.1) is 11.8 Å². The molecule has 0 saturated carbocycles. The van der Waals surface area contributed by atoms with E-state index in [0.717, 1.165) is 10.2 Å². The van der Waals surface area contributed by atoms with Crippen LogP contribution in [0.2, 0.25) is 0 Å². The highest BCUT2D eigenvalue weighted by Gasteiger charge is 2.10. The van der Waals surface area contributed by atoms with Crippen molar-refractivity contribution in [1.82, 2.24) is 4.98 Å². The molecule has 0 spiro atoms. The molecule has 1 amide bonds. The molecule has 0 bridgehead atoms. The van der Waals surface area contributed by atoms with Gasteiger partial charge in [-0.05, 0) is 48.9 Å². The zero-order valence-electron chi connectivity index (χ0n) is 13.3. The van der Waals surface area contributed by atoms with Crippen LogP contribution in [-0.2, 0) is 0 Å². The average molecular weight is 342 g/mol. The maximum atomic E-state index is 12.3. The van der Waals surface area contributed by atoms with Crippen LogP contribution >= 0.6 is 23.1 Å². The number of fused-ring (bicyclic) bond motifs is 1. The van der Waals surface area contributed by atoms with Crippen LogP contribution in [0.15, 0.2) is 47.4 Å². The summed E-state index contributed by atoms with van der Waals surface area (Å²) in [5.41, 5.74) is 2.75. The molecule has 0 radical (unpaired) electrons. The summed E-state index contributed by atoms with van der Waals surface area (Å²) < 4.78 is 1.09. The van der Waals surface area contributed by atoms with Crippen LogP contribution in [0, 0.1) is 6.92 Å². The van der Waals surface area contributed by atoms with Gasteiger partial charge in [0, 0.05) is 15.7 Å². The van der Waals surface area contributed by atoms with Gasteiger partial charge in [-0.3, -0.25) is 10.1 Å². The molecule has 2 aromatic carbocycles. The molecule has 0 fully saturated rings. The molecule has 1 aromatic heterocycles. The largest absolute Gasteiger partial charge is 0.298 e. The van der Waals surface area contributed by atoms with Crippen molar-refractivity contribution < 1.29 is 4.79 Å². The van der Waals surface area contributed by atoms with Crippen LogP contribution in [-0.4, -0.2) is 16.1 Å². The third kappa shape index (κ3) is 3.92. The summed E-state index contributed by atoms with van der Waals surface area (Å²) in [4.78, 5) is 18.0. The average Bonchev–Trinajstić information content (AvgIpc) is 2.88. The number of thiazole rings is 1. The Balaban J connectivity index is 1.74. The highest BCUT2D eigenvalue weighted by molar-refractivity contribution is 7.99. The van der Waals surface area contributed by atoms with E-state index in [4.69, 9.17) is 0 Å². The Morgan fingerprint density at radius 2 is 1.91 bits per heavy atom. The van der Waals surface area contributed by atoms with E-state index in [1.165, 1.54) is 21.8 Å². The number of benzene rings is 2. The normalized spacial score (nSPS) is 11.1. The first-order valence-corrected chi connectivity index (χ1v) is 9.16. The number of aromatic nitrogens is 1. The predicted octanol–water partition coefficient (Wildman–Crippen LogP) is 5.36. The van der Waals surface area contributed by atoms with Crippen molar-refractivity contribution in [3.8, 4) is 0 Å². The Bertz CT molecular complexity index is 838. The van der Waals surface area contributed by atoms with E-state index in [1.54, 1.807) is 11.8 Å². The summed E-state index contributed by atoms with van der Waals surface area (Å²) in [6.45, 7) is 6.36. The minimum absolute atomic E-state index is 0.123. The van der Waals surface area contributed by atoms with Crippen molar-refractivity contribution in [2.45, 2.75) is 30.9 Å². The van der Waals surface area contributed by atoms with E-state index in [0.29, 0.717) is 15.9 Å². The van der Waals surface area contributed by atoms with E-state index in [9.17, 15) is 4.79 Å². The van der Waals surface area contributed by atoms with Gasteiger partial charge in [0.05, 0.1) is 10.2 Å². The quantitative estimate of drug-likeness (QED) is 0.649. The standard InChI is InChI=1S/C18H18N2OS2/c1-11(2)22-14-7-5-13(6-8-14)17(21)20-18-19-15-9-4-12(3)10-16(15)23-18/h4-11H,1-3H3,(H,19,20,21).